The number of carbonyl (C=O) groups is 1. The van der Waals surface area contributed by atoms with Crippen molar-refractivity contribution in [3.8, 4) is 11.5 Å². The molecule has 0 aliphatic carbocycles. The van der Waals surface area contributed by atoms with Gasteiger partial charge in [0, 0.05) is 10.2 Å². The van der Waals surface area contributed by atoms with Gasteiger partial charge in [-0.25, -0.2) is 4.99 Å². The number of rotatable bonds is 8. The van der Waals surface area contributed by atoms with Gasteiger partial charge in [-0.15, -0.1) is 0 Å². The summed E-state index contributed by atoms with van der Waals surface area (Å²) in [6.45, 7) is 2.25. The lowest BCUT2D eigenvalue weighted by Crippen LogP contribution is -2.40. The summed E-state index contributed by atoms with van der Waals surface area (Å²) < 4.78 is 16.7. The molecule has 6 rings (SSSR count). The Kier molecular flexibility index (Phi) is 10.1. The van der Waals surface area contributed by atoms with Gasteiger partial charge in [0.1, 0.15) is 18.1 Å². The highest BCUT2D eigenvalue weighted by atomic mass is 127. The van der Waals surface area contributed by atoms with Crippen molar-refractivity contribution < 1.29 is 14.3 Å². The molecule has 0 saturated carbocycles. The van der Waals surface area contributed by atoms with Crippen molar-refractivity contribution in [3.05, 3.63) is 150 Å². The molecule has 7 nitrogen and oxygen atoms in total. The third-order valence-electron chi connectivity index (χ3n) is 7.32. The van der Waals surface area contributed by atoms with Crippen molar-refractivity contribution in [2.24, 2.45) is 4.99 Å². The topological polar surface area (TPSA) is 81.9 Å². The van der Waals surface area contributed by atoms with Gasteiger partial charge >= 0.3 is 0 Å². The van der Waals surface area contributed by atoms with Crippen LogP contribution in [-0.2, 0) is 11.4 Å². The second-order valence-electron chi connectivity index (χ2n) is 10.4. The molecule has 11 heteroatoms. The van der Waals surface area contributed by atoms with Crippen LogP contribution in [0.5, 0.6) is 11.5 Å². The number of methoxy groups -OCH3 is 1. The van der Waals surface area contributed by atoms with Gasteiger partial charge in [0.15, 0.2) is 4.80 Å². The highest BCUT2D eigenvalue weighted by molar-refractivity contribution is 14.1. The van der Waals surface area contributed by atoms with Crippen LogP contribution in [0.3, 0.4) is 0 Å². The fourth-order valence-electron chi connectivity index (χ4n) is 5.15. The van der Waals surface area contributed by atoms with Crippen LogP contribution >= 0.6 is 72.4 Å². The molecular formula is C35H26BrI2N3O4S. The van der Waals surface area contributed by atoms with Gasteiger partial charge in [-0.2, -0.15) is 0 Å². The summed E-state index contributed by atoms with van der Waals surface area (Å²) in [6, 6.07) is 28.0. The number of anilines is 1. The van der Waals surface area contributed by atoms with Crippen LogP contribution in [0.1, 0.15) is 29.7 Å². The van der Waals surface area contributed by atoms with E-state index in [-0.39, 0.29) is 11.5 Å². The number of halogens is 3. The fourth-order valence-corrected chi connectivity index (χ4v) is 8.59. The normalized spacial score (nSPS) is 14.5. The number of fused-ring (bicyclic) bond motifs is 1. The molecule has 1 aliphatic heterocycles. The van der Waals surface area contributed by atoms with Crippen LogP contribution in [0.25, 0.3) is 6.08 Å². The Morgan fingerprint density at radius 2 is 1.74 bits per heavy atom. The highest BCUT2D eigenvalue weighted by Gasteiger charge is 2.32. The number of hydrogen-bond donors (Lipinski definition) is 1. The number of para-hydroxylation sites is 1. The van der Waals surface area contributed by atoms with E-state index in [1.165, 1.54) is 11.3 Å². The molecular weight excluding hydrogens is 892 g/mol. The van der Waals surface area contributed by atoms with Crippen LogP contribution in [0.15, 0.2) is 117 Å². The van der Waals surface area contributed by atoms with E-state index in [1.807, 2.05) is 104 Å². The van der Waals surface area contributed by atoms with Gasteiger partial charge in [-0.3, -0.25) is 14.2 Å². The number of thiazole rings is 1. The Morgan fingerprint density at radius 1 is 1.02 bits per heavy atom. The largest absolute Gasteiger partial charge is 0.497 e. The molecule has 0 radical (unpaired) electrons. The van der Waals surface area contributed by atoms with E-state index in [2.05, 4.69) is 66.4 Å². The summed E-state index contributed by atoms with van der Waals surface area (Å²) >= 11 is 9.31. The second-order valence-corrected chi connectivity index (χ2v) is 14.7. The third kappa shape index (κ3) is 7.02. The van der Waals surface area contributed by atoms with Gasteiger partial charge in [0.2, 0.25) is 0 Å². The molecule has 4 aromatic carbocycles. The van der Waals surface area contributed by atoms with Crippen LogP contribution in [0, 0.1) is 7.14 Å². The minimum atomic E-state index is -0.702. The first-order chi connectivity index (χ1) is 22.2. The maximum absolute atomic E-state index is 14.2. The first-order valence-electron chi connectivity index (χ1n) is 14.1. The molecule has 232 valence electrons. The smallest absolute Gasteiger partial charge is 0.271 e. The Balaban J connectivity index is 1.39. The number of carbonyl (C=O) groups excluding carboxylic acids is 1. The Bertz CT molecular complexity index is 2140. The van der Waals surface area contributed by atoms with Gasteiger partial charge in [0.25, 0.3) is 11.5 Å². The molecule has 1 aliphatic rings. The van der Waals surface area contributed by atoms with Crippen LogP contribution in [0.4, 0.5) is 5.69 Å². The lowest BCUT2D eigenvalue weighted by molar-refractivity contribution is -0.113. The minimum Gasteiger partial charge on any atom is -0.497 e. The van der Waals surface area contributed by atoms with E-state index in [0.717, 1.165) is 34.1 Å². The minimum absolute atomic E-state index is 0.227. The Labute approximate surface area is 305 Å². The van der Waals surface area contributed by atoms with Crippen molar-refractivity contribution in [2.45, 2.75) is 19.6 Å². The van der Waals surface area contributed by atoms with Gasteiger partial charge in [-0.1, -0.05) is 69.7 Å². The lowest BCUT2D eigenvalue weighted by Gasteiger charge is -2.25. The zero-order chi connectivity index (χ0) is 32.4. The standard InChI is InChI=1S/C35H26BrI2N3O4S/c1-20-30(33(42)40-25-8-4-3-5-9-25)31(23-7-6-10-26(18-23)44-2)41-34(43)29(46-35(41)39-20)17-22-15-27(37)32(28(38)16-22)45-19-21-11-13-24(36)14-12-21/h3-18,31H,19H2,1-2H3,(H,40,42)/b29-17-/t31-/m0/s1. The number of aromatic nitrogens is 1. The third-order valence-corrected chi connectivity index (χ3v) is 10.4. The van der Waals surface area contributed by atoms with Crippen molar-refractivity contribution in [1.82, 2.24) is 4.57 Å². The zero-order valence-corrected chi connectivity index (χ0v) is 31.3. The molecule has 0 bridgehead atoms. The van der Waals surface area contributed by atoms with Crippen molar-refractivity contribution >= 4 is 90.1 Å². The van der Waals surface area contributed by atoms with E-state index in [9.17, 15) is 9.59 Å². The van der Waals surface area contributed by atoms with Gasteiger partial charge < -0.3 is 14.8 Å². The number of nitrogens with zero attached hydrogens (tertiary/aromatic N) is 2. The maximum Gasteiger partial charge on any atom is 0.271 e. The van der Waals surface area contributed by atoms with E-state index < -0.39 is 6.04 Å². The summed E-state index contributed by atoms with van der Waals surface area (Å²) in [5, 5.41) is 2.98. The average molecular weight is 918 g/mol. The molecule has 1 amide bonds. The average Bonchev–Trinajstić information content (AvgIpc) is 3.34. The lowest BCUT2D eigenvalue weighted by atomic mass is 9.95. The van der Waals surface area contributed by atoms with Crippen molar-refractivity contribution in [2.75, 3.05) is 12.4 Å². The molecule has 0 fully saturated rings. The summed E-state index contributed by atoms with van der Waals surface area (Å²) in [4.78, 5) is 33.3. The molecule has 0 spiro atoms. The van der Waals surface area contributed by atoms with E-state index in [0.29, 0.717) is 38.6 Å². The monoisotopic (exact) mass is 917 g/mol. The number of nitrogens with one attached hydrogen (secondary N) is 1. The maximum atomic E-state index is 14.2. The zero-order valence-electron chi connectivity index (χ0n) is 24.6. The quantitative estimate of drug-likeness (QED) is 0.164. The predicted octanol–water partition coefficient (Wildman–Crippen LogP) is 7.43. The molecule has 1 atom stereocenters. The summed E-state index contributed by atoms with van der Waals surface area (Å²) in [6.07, 6.45) is 1.87. The SMILES string of the molecule is COc1cccc([C@H]2C(C(=O)Nc3ccccc3)=C(C)N=c3s/c(=C\c4cc(I)c(OCc5ccc(Br)cc5)c(I)c4)c(=O)n32)c1. The number of amides is 1. The molecule has 1 aromatic heterocycles. The molecule has 0 saturated heterocycles. The molecule has 5 aromatic rings. The van der Waals surface area contributed by atoms with Crippen molar-refractivity contribution in [3.63, 3.8) is 0 Å². The highest BCUT2D eigenvalue weighted by Crippen LogP contribution is 2.33. The number of allylic oxidation sites excluding steroid dienone is 1. The summed E-state index contributed by atoms with van der Waals surface area (Å²) in [5.41, 5.74) is 4.05. The second kappa shape index (κ2) is 14.2. The van der Waals surface area contributed by atoms with E-state index >= 15 is 0 Å². The first kappa shape index (κ1) is 32.7. The summed E-state index contributed by atoms with van der Waals surface area (Å²) in [7, 11) is 1.59. The Hall–Kier alpha value is -3.27. The van der Waals surface area contributed by atoms with Crippen LogP contribution in [0.2, 0.25) is 0 Å². The molecule has 1 N–H and O–H groups in total. The number of hydrogen-bond acceptors (Lipinski definition) is 6. The van der Waals surface area contributed by atoms with Crippen LogP contribution < -0.4 is 29.7 Å². The predicted molar refractivity (Wildman–Crippen MR) is 202 cm³/mol. The number of ether oxygens (including phenoxy) is 2. The van der Waals surface area contributed by atoms with Crippen LogP contribution in [-0.4, -0.2) is 17.6 Å². The molecule has 0 unspecified atom stereocenters. The molecule has 46 heavy (non-hydrogen) atoms. The number of benzene rings is 4. The van der Waals surface area contributed by atoms with E-state index in [4.69, 9.17) is 14.5 Å². The summed E-state index contributed by atoms with van der Waals surface area (Å²) in [5.74, 6) is 1.10. The van der Waals surface area contributed by atoms with Crippen molar-refractivity contribution in [1.29, 1.82) is 0 Å². The van der Waals surface area contributed by atoms with E-state index in [1.54, 1.807) is 11.7 Å². The Morgan fingerprint density at radius 3 is 2.43 bits per heavy atom. The first-order valence-corrected chi connectivity index (χ1v) is 17.9. The van der Waals surface area contributed by atoms with Gasteiger partial charge in [-0.05, 0) is 123 Å². The molecule has 2 heterocycles. The van der Waals surface area contributed by atoms with Gasteiger partial charge in [0.05, 0.1) is 36.1 Å². The fraction of sp³-hybridized carbons (Fsp3) is 0.114.